The molecule has 0 spiro atoms. The molecule has 2 aliphatic heterocycles. The van der Waals surface area contributed by atoms with Crippen LogP contribution in [0.2, 0.25) is 0 Å². The van der Waals surface area contributed by atoms with Gasteiger partial charge in [-0.05, 0) is 110 Å². The molecule has 0 saturated carbocycles. The smallest absolute Gasteiger partial charge is 0.231 e. The molecule has 2 aliphatic rings. The summed E-state index contributed by atoms with van der Waals surface area (Å²) in [5.74, 6) is 4.39. The zero-order chi connectivity index (χ0) is 45.8. The summed E-state index contributed by atoms with van der Waals surface area (Å²) in [4.78, 5) is 0. The fourth-order valence-corrected chi connectivity index (χ4v) is 6.08. The second kappa shape index (κ2) is 21.1. The van der Waals surface area contributed by atoms with E-state index < -0.39 is 0 Å². The summed E-state index contributed by atoms with van der Waals surface area (Å²) < 4.78 is 26.6. The summed E-state index contributed by atoms with van der Waals surface area (Å²) in [5, 5.41) is 0. The van der Waals surface area contributed by atoms with Crippen LogP contribution in [0.15, 0.2) is 109 Å². The fraction of sp³-hybridized carbons (Fsp3) is 0.455. The molecule has 6 nitrogen and oxygen atoms in total. The maximum Gasteiger partial charge on any atom is 0.231 e. The highest BCUT2D eigenvalue weighted by Gasteiger charge is 2.20. The number of fused-ring (bicyclic) bond motifs is 2. The van der Waals surface area contributed by atoms with E-state index in [0.29, 0.717) is 20.0 Å². The molecule has 0 radical (unpaired) electrons. The number of hydrogen-bond acceptors (Lipinski definition) is 6. The molecule has 0 fully saturated rings. The van der Waals surface area contributed by atoms with Gasteiger partial charge in [0.25, 0.3) is 0 Å². The molecule has 5 aromatic carbocycles. The third-order valence-electron chi connectivity index (χ3n) is 10.2. The van der Waals surface area contributed by atoms with Gasteiger partial charge in [-0.25, -0.2) is 0 Å². The molecule has 0 saturated heterocycles. The number of nitrogen functional groups attached to an aromatic ring is 1. The Bertz CT molecular complexity index is 2040. The van der Waals surface area contributed by atoms with E-state index in [4.69, 9.17) is 29.4 Å². The zero-order valence-electron chi connectivity index (χ0n) is 40.6. The first kappa shape index (κ1) is 50.3. The number of benzene rings is 5. The van der Waals surface area contributed by atoms with Gasteiger partial charge in [0, 0.05) is 5.69 Å². The highest BCUT2D eigenvalue weighted by atomic mass is 16.7. The standard InChI is InChI=1S/C12H16O2.C11H14O2.C11H16O.C11H16.C10H15N/c1-12(2,3)9-4-5-10-11(8-9)14-7-6-13-10;1-11(2,3)8-4-5-9-10(6-8)13-7-12-9;1-11(2,3)9-5-7-10(12-4)8-6-9;1-9-6-5-7-10(8-9)11(2,3)4;1-10(2,3)8-5-4-6-9(11)7-8/h4-5,8H,6-7H2,1-3H3;4-6H,7H2,1-3H3;5-8H,1-4H3;5-8H,1-4H3;4-7H,11H2,1-3H3. The third kappa shape index (κ3) is 16.7. The molecule has 7 rings (SSSR count). The average molecular weight is 832 g/mol. The van der Waals surface area contributed by atoms with Gasteiger partial charge >= 0.3 is 0 Å². The monoisotopic (exact) mass is 832 g/mol. The summed E-state index contributed by atoms with van der Waals surface area (Å²) in [6.45, 7) is 36.8. The van der Waals surface area contributed by atoms with Gasteiger partial charge in [-0.3, -0.25) is 0 Å². The molecule has 61 heavy (non-hydrogen) atoms. The number of ether oxygens (including phenoxy) is 5. The molecular weight excluding hydrogens is 755 g/mol. The first-order valence-corrected chi connectivity index (χ1v) is 21.6. The van der Waals surface area contributed by atoms with E-state index in [0.717, 1.165) is 34.4 Å². The molecule has 0 amide bonds. The van der Waals surface area contributed by atoms with Crippen LogP contribution in [0.3, 0.4) is 0 Å². The van der Waals surface area contributed by atoms with Gasteiger partial charge < -0.3 is 29.4 Å². The van der Waals surface area contributed by atoms with Crippen LogP contribution in [-0.2, 0) is 27.1 Å². The van der Waals surface area contributed by atoms with Gasteiger partial charge in [-0.15, -0.1) is 0 Å². The van der Waals surface area contributed by atoms with E-state index >= 15 is 0 Å². The Morgan fingerprint density at radius 1 is 0.410 bits per heavy atom. The minimum absolute atomic E-state index is 0.163. The van der Waals surface area contributed by atoms with Gasteiger partial charge in [0.1, 0.15) is 19.0 Å². The van der Waals surface area contributed by atoms with Crippen molar-refractivity contribution in [3.05, 3.63) is 143 Å². The highest BCUT2D eigenvalue weighted by Crippen LogP contribution is 2.37. The minimum atomic E-state index is 0.163. The number of methoxy groups -OCH3 is 1. The lowest BCUT2D eigenvalue weighted by Gasteiger charge is -2.23. The molecule has 0 unspecified atom stereocenters. The number of nitrogens with two attached hydrogens (primary N) is 1. The maximum absolute atomic E-state index is 5.66. The van der Waals surface area contributed by atoms with Crippen molar-refractivity contribution in [3.8, 4) is 28.7 Å². The Labute approximate surface area is 370 Å². The van der Waals surface area contributed by atoms with E-state index in [-0.39, 0.29) is 27.1 Å². The normalized spacial score (nSPS) is 13.1. The Hall–Kier alpha value is -5.10. The largest absolute Gasteiger partial charge is 0.497 e. The molecule has 0 aromatic heterocycles. The van der Waals surface area contributed by atoms with Crippen LogP contribution in [-0.4, -0.2) is 27.1 Å². The van der Waals surface area contributed by atoms with E-state index in [1.54, 1.807) is 7.11 Å². The van der Waals surface area contributed by atoms with Crippen molar-refractivity contribution >= 4 is 5.69 Å². The Kier molecular flexibility index (Phi) is 17.4. The number of rotatable bonds is 1. The summed E-state index contributed by atoms with van der Waals surface area (Å²) in [6, 6.07) is 37.3. The molecule has 2 N–H and O–H groups in total. The quantitative estimate of drug-likeness (QED) is 0.170. The lowest BCUT2D eigenvalue weighted by atomic mass is 9.86. The van der Waals surface area contributed by atoms with Crippen molar-refractivity contribution in [1.29, 1.82) is 0 Å². The van der Waals surface area contributed by atoms with Gasteiger partial charge in [0.2, 0.25) is 6.79 Å². The predicted molar refractivity (Wildman–Crippen MR) is 259 cm³/mol. The molecule has 6 heteroatoms. The number of anilines is 1. The summed E-state index contributed by atoms with van der Waals surface area (Å²) >= 11 is 0. The lowest BCUT2D eigenvalue weighted by Crippen LogP contribution is -2.17. The van der Waals surface area contributed by atoms with Crippen molar-refractivity contribution in [2.75, 3.05) is 32.9 Å². The van der Waals surface area contributed by atoms with Crippen molar-refractivity contribution in [2.45, 2.75) is 138 Å². The molecule has 2 heterocycles. The Balaban J connectivity index is 0.000000204. The second-order valence-corrected chi connectivity index (χ2v) is 20.9. The van der Waals surface area contributed by atoms with Gasteiger partial charge in [0.15, 0.2) is 23.0 Å². The van der Waals surface area contributed by atoms with Gasteiger partial charge in [0.05, 0.1) is 7.11 Å². The topological polar surface area (TPSA) is 72.2 Å². The molecule has 0 bridgehead atoms. The molecule has 0 atom stereocenters. The van der Waals surface area contributed by atoms with E-state index in [2.05, 4.69) is 178 Å². The van der Waals surface area contributed by atoms with Crippen molar-refractivity contribution in [3.63, 3.8) is 0 Å². The summed E-state index contributed by atoms with van der Waals surface area (Å²) in [6.07, 6.45) is 0. The fourth-order valence-electron chi connectivity index (χ4n) is 6.08. The molecular formula is C55H77NO5. The molecule has 332 valence electrons. The maximum atomic E-state index is 5.66. The first-order valence-electron chi connectivity index (χ1n) is 21.6. The number of hydrogen-bond donors (Lipinski definition) is 1. The number of aryl methyl sites for hydroxylation is 1. The average Bonchev–Trinajstić information content (AvgIpc) is 3.66. The van der Waals surface area contributed by atoms with Crippen LogP contribution in [0, 0.1) is 6.92 Å². The molecule has 0 aliphatic carbocycles. The van der Waals surface area contributed by atoms with E-state index in [9.17, 15) is 0 Å². The first-order chi connectivity index (χ1) is 28.2. The summed E-state index contributed by atoms with van der Waals surface area (Å²) in [5.41, 5.74) is 15.5. The van der Waals surface area contributed by atoms with Crippen LogP contribution in [0.1, 0.15) is 137 Å². The van der Waals surface area contributed by atoms with Crippen LogP contribution in [0.5, 0.6) is 28.7 Å². The van der Waals surface area contributed by atoms with Gasteiger partial charge in [-0.2, -0.15) is 0 Å². The summed E-state index contributed by atoms with van der Waals surface area (Å²) in [7, 11) is 1.69. The van der Waals surface area contributed by atoms with Crippen molar-refractivity contribution in [1.82, 2.24) is 0 Å². The van der Waals surface area contributed by atoms with Gasteiger partial charge in [-0.1, -0.05) is 170 Å². The van der Waals surface area contributed by atoms with Crippen LogP contribution < -0.4 is 29.4 Å². The third-order valence-corrected chi connectivity index (χ3v) is 10.2. The van der Waals surface area contributed by atoms with E-state index in [1.165, 1.54) is 33.4 Å². The second-order valence-electron chi connectivity index (χ2n) is 20.9. The van der Waals surface area contributed by atoms with Crippen molar-refractivity contribution < 1.29 is 23.7 Å². The molecule has 5 aromatic rings. The Morgan fingerprint density at radius 2 is 0.787 bits per heavy atom. The van der Waals surface area contributed by atoms with Crippen LogP contribution in [0.25, 0.3) is 0 Å². The lowest BCUT2D eigenvalue weighted by molar-refractivity contribution is 0.171. The SMILES string of the molecule is CC(C)(C)c1ccc2c(c1)OCCO2.CC(C)(C)c1ccc2c(c1)OCO2.CC(C)(C)c1cccc(N)c1.COc1ccc(C(C)(C)C)cc1.Cc1cccc(C(C)(C)C)c1. The van der Waals surface area contributed by atoms with Crippen LogP contribution in [0.4, 0.5) is 5.69 Å². The van der Waals surface area contributed by atoms with E-state index in [1.807, 2.05) is 42.5 Å². The minimum Gasteiger partial charge on any atom is -0.497 e. The predicted octanol–water partition coefficient (Wildman–Crippen LogP) is 14.3. The highest BCUT2D eigenvalue weighted by molar-refractivity contribution is 5.47. The Morgan fingerprint density at radius 3 is 1.20 bits per heavy atom. The van der Waals surface area contributed by atoms with Crippen molar-refractivity contribution in [2.24, 2.45) is 0 Å². The zero-order valence-corrected chi connectivity index (χ0v) is 40.6. The van der Waals surface area contributed by atoms with Crippen LogP contribution >= 0.6 is 0 Å².